The lowest BCUT2D eigenvalue weighted by molar-refractivity contribution is -0.137. The molecule has 1 aliphatic carbocycles. The molecule has 2 atom stereocenters. The van der Waals surface area contributed by atoms with Crippen molar-refractivity contribution >= 4 is 11.8 Å². The van der Waals surface area contributed by atoms with Gasteiger partial charge in [0.1, 0.15) is 0 Å². The third-order valence-electron chi connectivity index (χ3n) is 3.41. The number of aliphatic carboxylic acids is 1. The van der Waals surface area contributed by atoms with Crippen LogP contribution in [0.3, 0.4) is 0 Å². The molecule has 0 unspecified atom stereocenters. The summed E-state index contributed by atoms with van der Waals surface area (Å²) in [6.45, 7) is -2.73. The topological polar surface area (TPSA) is 54.4 Å². The van der Waals surface area contributed by atoms with Gasteiger partial charge in [0.2, 0.25) is 0 Å². The zero-order valence-corrected chi connectivity index (χ0v) is 11.0. The Balaban J connectivity index is 2.48. The molecule has 0 bridgehead atoms. The van der Waals surface area contributed by atoms with E-state index in [1.54, 1.807) is 0 Å². The average molecular weight is 269 g/mol. The SMILES string of the molecule is [2H]C([2H])([2H])C([2H])([2H])/C=C\C[C@@H]1C(=O)C=C[C@@H]1CCCCCC(=O)O. The van der Waals surface area contributed by atoms with E-state index in [-0.39, 0.29) is 24.0 Å². The van der Waals surface area contributed by atoms with Crippen LogP contribution < -0.4 is 0 Å². The number of allylic oxidation sites excluding steroid dienone is 4. The predicted octanol–water partition coefficient (Wildman–Crippen LogP) is 3.75. The Morgan fingerprint density at radius 2 is 2.32 bits per heavy atom. The minimum atomic E-state index is -2.73. The van der Waals surface area contributed by atoms with Crippen LogP contribution >= 0.6 is 0 Å². The first-order chi connectivity index (χ1) is 11.0. The van der Waals surface area contributed by atoms with Crippen molar-refractivity contribution in [1.29, 1.82) is 0 Å². The highest BCUT2D eigenvalue weighted by Crippen LogP contribution is 2.30. The van der Waals surface area contributed by atoms with Crippen LogP contribution in [-0.4, -0.2) is 16.9 Å². The summed E-state index contributed by atoms with van der Waals surface area (Å²) in [5, 5.41) is 8.59. The van der Waals surface area contributed by atoms with E-state index in [2.05, 4.69) is 0 Å². The fraction of sp³-hybridized carbons (Fsp3) is 0.625. The molecular formula is C16H24O3. The number of rotatable bonds is 9. The van der Waals surface area contributed by atoms with E-state index in [9.17, 15) is 9.59 Å². The summed E-state index contributed by atoms with van der Waals surface area (Å²) < 4.78 is 36.5. The molecule has 0 aromatic rings. The van der Waals surface area contributed by atoms with Gasteiger partial charge in [0, 0.05) is 19.2 Å². The van der Waals surface area contributed by atoms with Gasteiger partial charge in [-0.1, -0.05) is 37.9 Å². The maximum atomic E-state index is 11.9. The van der Waals surface area contributed by atoms with Gasteiger partial charge in [-0.05, 0) is 37.6 Å². The number of carboxylic acids is 1. The normalized spacial score (nSPS) is 27.8. The maximum Gasteiger partial charge on any atom is 0.303 e. The van der Waals surface area contributed by atoms with Crippen LogP contribution in [0.25, 0.3) is 0 Å². The van der Waals surface area contributed by atoms with E-state index in [0.717, 1.165) is 25.3 Å². The Morgan fingerprint density at radius 1 is 1.47 bits per heavy atom. The number of carbonyl (C=O) groups excluding carboxylic acids is 1. The third-order valence-corrected chi connectivity index (χ3v) is 3.41. The van der Waals surface area contributed by atoms with Gasteiger partial charge in [-0.15, -0.1) is 0 Å². The van der Waals surface area contributed by atoms with E-state index in [0.29, 0.717) is 12.8 Å². The second kappa shape index (κ2) is 8.68. The van der Waals surface area contributed by atoms with Gasteiger partial charge in [0.15, 0.2) is 5.78 Å². The van der Waals surface area contributed by atoms with Gasteiger partial charge < -0.3 is 5.11 Å². The quantitative estimate of drug-likeness (QED) is 0.512. The molecule has 3 heteroatoms. The molecule has 19 heavy (non-hydrogen) atoms. The Hall–Kier alpha value is -1.38. The summed E-state index contributed by atoms with van der Waals surface area (Å²) in [4.78, 5) is 22.4. The standard InChI is InChI=1S/C16H24O3/c1-2-3-5-9-14-13(11-12-15(14)17)8-6-4-7-10-16(18)19/h3,5,11-14H,2,4,6-10H2,1H3,(H,18,19)/b5-3-/t13-,14-/m0/s1/i1D3,2D2. The Labute approximate surface area is 122 Å². The highest BCUT2D eigenvalue weighted by atomic mass is 16.4. The van der Waals surface area contributed by atoms with Gasteiger partial charge in [-0.25, -0.2) is 0 Å². The zero-order valence-electron chi connectivity index (χ0n) is 16.0. The highest BCUT2D eigenvalue weighted by Gasteiger charge is 2.28. The predicted molar refractivity (Wildman–Crippen MR) is 75.9 cm³/mol. The monoisotopic (exact) mass is 269 g/mol. The van der Waals surface area contributed by atoms with E-state index in [1.807, 2.05) is 6.08 Å². The molecule has 0 saturated carbocycles. The summed E-state index contributed by atoms with van der Waals surface area (Å²) in [6.07, 6.45) is 6.88. The molecule has 0 saturated heterocycles. The summed E-state index contributed by atoms with van der Waals surface area (Å²) in [6, 6.07) is 0. The fourth-order valence-electron chi connectivity index (χ4n) is 2.38. The molecule has 0 heterocycles. The summed E-state index contributed by atoms with van der Waals surface area (Å²) in [5.74, 6) is -1.07. The van der Waals surface area contributed by atoms with Crippen LogP contribution in [0.15, 0.2) is 24.3 Å². The molecule has 0 fully saturated rings. The van der Waals surface area contributed by atoms with E-state index < -0.39 is 19.2 Å². The van der Waals surface area contributed by atoms with Gasteiger partial charge >= 0.3 is 5.97 Å². The van der Waals surface area contributed by atoms with Gasteiger partial charge in [-0.2, -0.15) is 0 Å². The van der Waals surface area contributed by atoms with Crippen molar-refractivity contribution < 1.29 is 21.5 Å². The van der Waals surface area contributed by atoms with Gasteiger partial charge in [-0.3, -0.25) is 9.59 Å². The summed E-state index contributed by atoms with van der Waals surface area (Å²) in [5.41, 5.74) is 0. The van der Waals surface area contributed by atoms with Crippen LogP contribution in [-0.2, 0) is 9.59 Å². The Kier molecular flexibility index (Phi) is 4.34. The van der Waals surface area contributed by atoms with E-state index >= 15 is 0 Å². The van der Waals surface area contributed by atoms with Crippen molar-refractivity contribution in [3.8, 4) is 0 Å². The van der Waals surface area contributed by atoms with Crippen molar-refractivity contribution in [2.24, 2.45) is 11.8 Å². The minimum absolute atomic E-state index is 0.0235. The first-order valence-corrected chi connectivity index (χ1v) is 6.66. The van der Waals surface area contributed by atoms with Crippen LogP contribution in [0.4, 0.5) is 0 Å². The molecule has 106 valence electrons. The molecule has 1 aliphatic rings. The van der Waals surface area contributed by atoms with Crippen molar-refractivity contribution in [2.45, 2.75) is 51.7 Å². The molecular weight excluding hydrogens is 240 g/mol. The van der Waals surface area contributed by atoms with Crippen molar-refractivity contribution in [3.63, 3.8) is 0 Å². The molecule has 0 aromatic carbocycles. The lowest BCUT2D eigenvalue weighted by Crippen LogP contribution is -2.15. The van der Waals surface area contributed by atoms with Crippen molar-refractivity contribution in [1.82, 2.24) is 0 Å². The minimum Gasteiger partial charge on any atom is -0.481 e. The van der Waals surface area contributed by atoms with Crippen LogP contribution in [0, 0.1) is 11.8 Å². The number of carboxylic acid groups (broad SMARTS) is 1. The average Bonchev–Trinajstić information content (AvgIpc) is 2.78. The largest absolute Gasteiger partial charge is 0.481 e. The molecule has 1 rings (SSSR count). The third kappa shape index (κ3) is 5.86. The molecule has 0 amide bonds. The number of unbranched alkanes of at least 4 members (excludes halogenated alkanes) is 2. The number of carbonyl (C=O) groups is 2. The van der Waals surface area contributed by atoms with Crippen molar-refractivity contribution in [3.05, 3.63) is 24.3 Å². The number of hydrogen-bond donors (Lipinski definition) is 1. The molecule has 0 aliphatic heterocycles. The van der Waals surface area contributed by atoms with Crippen LogP contribution in [0.5, 0.6) is 0 Å². The fourth-order valence-corrected chi connectivity index (χ4v) is 2.38. The van der Waals surface area contributed by atoms with Gasteiger partial charge in [0.25, 0.3) is 0 Å². The van der Waals surface area contributed by atoms with E-state index in [4.69, 9.17) is 12.0 Å². The molecule has 3 nitrogen and oxygen atoms in total. The summed E-state index contributed by atoms with van der Waals surface area (Å²) in [7, 11) is 0. The van der Waals surface area contributed by atoms with Gasteiger partial charge in [0.05, 0.1) is 0 Å². The first-order valence-electron chi connectivity index (χ1n) is 9.16. The lowest BCUT2D eigenvalue weighted by atomic mass is 9.87. The smallest absolute Gasteiger partial charge is 0.303 e. The number of hydrogen-bond acceptors (Lipinski definition) is 2. The Morgan fingerprint density at radius 3 is 3.05 bits per heavy atom. The number of ketones is 1. The van der Waals surface area contributed by atoms with Crippen LogP contribution in [0.1, 0.15) is 58.6 Å². The zero-order chi connectivity index (χ0) is 18.4. The molecule has 0 spiro atoms. The second-order valence-electron chi connectivity index (χ2n) is 4.81. The van der Waals surface area contributed by atoms with Crippen molar-refractivity contribution in [2.75, 3.05) is 0 Å². The molecule has 0 radical (unpaired) electrons. The maximum absolute atomic E-state index is 11.9. The summed E-state index contributed by atoms with van der Waals surface area (Å²) >= 11 is 0. The lowest BCUT2D eigenvalue weighted by Gasteiger charge is -2.16. The van der Waals surface area contributed by atoms with E-state index in [1.165, 1.54) is 12.2 Å². The highest BCUT2D eigenvalue weighted by molar-refractivity contribution is 5.94. The first kappa shape index (κ1) is 9.51. The molecule has 1 N–H and O–H groups in total. The second-order valence-corrected chi connectivity index (χ2v) is 4.81. The van der Waals surface area contributed by atoms with Crippen LogP contribution in [0.2, 0.25) is 0 Å². The molecule has 0 aromatic heterocycles. The Bertz CT molecular complexity index is 508.